The van der Waals surface area contributed by atoms with Crippen molar-refractivity contribution in [3.05, 3.63) is 521 Å². The summed E-state index contributed by atoms with van der Waals surface area (Å²) in [5, 5.41) is 20.8. The number of rotatable bonds is 12. The number of fused-ring (bicyclic) bond motifs is 16. The van der Waals surface area contributed by atoms with E-state index >= 15 is 0 Å². The molecule has 0 N–H and O–H groups in total. The number of para-hydroxylation sites is 2. The van der Waals surface area contributed by atoms with E-state index in [1.165, 1.54) is 71.3 Å². The van der Waals surface area contributed by atoms with Gasteiger partial charge in [0.15, 0.2) is 0 Å². The normalized spacial score (nSPS) is 12.6. The van der Waals surface area contributed by atoms with Crippen LogP contribution in [0.15, 0.2) is 535 Å². The number of hydrogen-bond acceptors (Lipinski definition) is 3. The van der Waals surface area contributed by atoms with Gasteiger partial charge in [0.2, 0.25) is 0 Å². The summed E-state index contributed by atoms with van der Waals surface area (Å²) >= 11 is 0. The summed E-state index contributed by atoms with van der Waals surface area (Å²) in [5.41, 5.74) is 29.3. The van der Waals surface area contributed by atoms with Gasteiger partial charge in [-0.25, -0.2) is 0 Å². The van der Waals surface area contributed by atoms with Gasteiger partial charge in [0, 0.05) is 43.4 Å². The summed E-state index contributed by atoms with van der Waals surface area (Å²) in [6.07, 6.45) is 0. The summed E-state index contributed by atoms with van der Waals surface area (Å²) in [6.45, 7) is 0. The Bertz CT molecular complexity index is 10100. The largest absolute Gasteiger partial charge is 0.456 e. The lowest BCUT2D eigenvalue weighted by atomic mass is 9.82. The standard InChI is InChI=1S/C48H30O.2C44H28O/c1-3-14-31(15-4-1)37-24-13-25-42-44-29-34(26-27-45(44)49-48(37)42)43-30-35(28-33-18-7-8-19-36(33)43)47-40-22-11-9-20-38(40)46(32-16-5-2-6-17-32)39-21-10-12-23-41(39)47;1-3-13-29(14-4-1)30-23-25-32(26-24-30)42-38(27-28-40-44(42)37-21-11-12-22-39(37)45-40)43-35-19-9-7-17-33(35)41(31-15-5-2-6-16-31)34-18-8-10-20-36(34)43;1-3-12-29(13-4-1)31-16-11-17-32(26-31)33-22-24-41-39(27-33)40-28-34(23-25-42(40)45-41)44-37-20-9-7-18-35(37)43(30-14-5-2-6-15-30)36-19-8-10-21-38(36)44/h1-30H;2*1-28H/i;2D,5D,6D,15D,16D;2D,5D,6D,14D,15D. The molecule has 3 heterocycles. The van der Waals surface area contributed by atoms with E-state index < -0.39 is 12.1 Å². The topological polar surface area (TPSA) is 39.4 Å². The van der Waals surface area contributed by atoms with Gasteiger partial charge in [0.25, 0.3) is 0 Å². The van der Waals surface area contributed by atoms with Crippen LogP contribution in [-0.4, -0.2) is 0 Å². The first-order chi connectivity index (χ1) is 73.1. The van der Waals surface area contributed by atoms with Gasteiger partial charge < -0.3 is 13.3 Å². The Hall–Kier alpha value is -18.3. The third-order valence-electron chi connectivity index (χ3n) is 27.6. The molecule has 3 nitrogen and oxygen atoms in total. The lowest BCUT2D eigenvalue weighted by Crippen LogP contribution is -1.93. The molecule has 139 heavy (non-hydrogen) atoms. The van der Waals surface area contributed by atoms with Gasteiger partial charge in [-0.15, -0.1) is 0 Å². The molecule has 25 aromatic carbocycles. The van der Waals surface area contributed by atoms with Crippen LogP contribution in [0.3, 0.4) is 0 Å². The third-order valence-corrected chi connectivity index (χ3v) is 27.6. The maximum Gasteiger partial charge on any atom is 0.143 e. The van der Waals surface area contributed by atoms with E-state index in [4.69, 9.17) is 27.0 Å². The summed E-state index contributed by atoms with van der Waals surface area (Å²) < 4.78 is 105. The zero-order chi connectivity index (χ0) is 101. The molecule has 0 fully saturated rings. The van der Waals surface area contributed by atoms with Crippen LogP contribution in [0.4, 0.5) is 0 Å². The van der Waals surface area contributed by atoms with Crippen molar-refractivity contribution in [3.63, 3.8) is 0 Å². The molecule has 0 radical (unpaired) electrons. The molecule has 0 spiro atoms. The molecule has 0 saturated carbocycles. The number of furan rings is 3. The van der Waals surface area contributed by atoms with Crippen LogP contribution < -0.4 is 0 Å². The zero-order valence-corrected chi connectivity index (χ0v) is 75.1. The summed E-state index contributed by atoms with van der Waals surface area (Å²) in [5.74, 6) is 0. The van der Waals surface area contributed by atoms with Gasteiger partial charge in [-0.2, -0.15) is 0 Å². The van der Waals surface area contributed by atoms with Crippen molar-refractivity contribution in [3.8, 4) is 134 Å². The van der Waals surface area contributed by atoms with Crippen LogP contribution in [0.2, 0.25) is 0 Å². The minimum absolute atomic E-state index is 0.197. The van der Waals surface area contributed by atoms with Gasteiger partial charge in [-0.1, -0.05) is 449 Å². The van der Waals surface area contributed by atoms with Gasteiger partial charge in [0.05, 0.1) is 13.7 Å². The average molecular weight is 1780 g/mol. The van der Waals surface area contributed by atoms with E-state index in [1.807, 2.05) is 146 Å². The van der Waals surface area contributed by atoms with Crippen molar-refractivity contribution in [2.45, 2.75) is 0 Å². The van der Waals surface area contributed by atoms with E-state index in [-0.39, 0.29) is 59.5 Å². The molecule has 0 aliphatic rings. The van der Waals surface area contributed by atoms with Crippen LogP contribution in [0.25, 0.3) is 275 Å². The fraction of sp³-hybridized carbons (Fsp3) is 0. The second kappa shape index (κ2) is 34.6. The van der Waals surface area contributed by atoms with E-state index in [2.05, 4.69) is 315 Å². The molecule has 0 unspecified atom stereocenters. The predicted molar refractivity (Wildman–Crippen MR) is 589 cm³/mol. The van der Waals surface area contributed by atoms with Crippen molar-refractivity contribution in [2.24, 2.45) is 0 Å². The van der Waals surface area contributed by atoms with Crippen LogP contribution in [0.5, 0.6) is 0 Å². The highest BCUT2D eigenvalue weighted by atomic mass is 16.3. The van der Waals surface area contributed by atoms with Crippen LogP contribution in [-0.2, 0) is 0 Å². The number of hydrogen-bond donors (Lipinski definition) is 0. The quantitative estimate of drug-likeness (QED) is 0.114. The SMILES string of the molecule is [2H]c1c([2H])c([2H])c(-c2c3ccccc3c(-c3ccc4oc5ccc(-c6cccc(-c7ccccc7)c6)cc5c4c3)c3ccccc23)c([2H])c1[2H].[2H]c1c([2H])c([2H])c(-c2c3ccccc3c(-c3ccc4oc5ccccc5c4c3-c3ccc(-c4ccccc4)cc3)c3ccccc23)c([2H])c1[2H].c1ccc(-c2c3ccccc3c(-c3cc(-c4ccc5oc6c(-c7ccccc7)cccc6c5c4)c4ccccc4c3)c3ccccc23)cc1. The molecule has 0 bridgehead atoms. The minimum Gasteiger partial charge on any atom is -0.456 e. The maximum absolute atomic E-state index is 8.93. The predicted octanol–water partition coefficient (Wildman–Crippen LogP) is 38.8. The van der Waals surface area contributed by atoms with Crippen molar-refractivity contribution in [1.29, 1.82) is 0 Å². The first-order valence-corrected chi connectivity index (χ1v) is 46.9. The summed E-state index contributed by atoms with van der Waals surface area (Å²) in [4.78, 5) is 0. The first kappa shape index (κ1) is 71.4. The summed E-state index contributed by atoms with van der Waals surface area (Å²) in [7, 11) is 0. The highest BCUT2D eigenvalue weighted by Gasteiger charge is 2.27. The molecule has 0 atom stereocenters. The lowest BCUT2D eigenvalue weighted by Gasteiger charge is -2.20. The monoisotopic (exact) mass is 1780 g/mol. The Kier molecular flexibility index (Phi) is 17.8. The second-order valence-electron chi connectivity index (χ2n) is 35.4. The molecule has 648 valence electrons. The first-order valence-electron chi connectivity index (χ1n) is 51.9. The Morgan fingerprint density at radius 1 is 0.137 bits per heavy atom. The van der Waals surface area contributed by atoms with Gasteiger partial charge in [-0.05, 0) is 271 Å². The molecule has 3 heteroatoms. The Labute approximate surface area is 818 Å². The van der Waals surface area contributed by atoms with E-state index in [1.54, 1.807) is 0 Å². The van der Waals surface area contributed by atoms with Crippen LogP contribution in [0, 0.1) is 0 Å². The Morgan fingerprint density at radius 3 is 0.986 bits per heavy atom. The molecular formula is C136H86O3. The molecule has 28 rings (SSSR count). The zero-order valence-electron chi connectivity index (χ0n) is 85.1. The van der Waals surface area contributed by atoms with Crippen molar-refractivity contribution in [1.82, 2.24) is 0 Å². The smallest absolute Gasteiger partial charge is 0.143 e. The maximum atomic E-state index is 8.93. The second-order valence-corrected chi connectivity index (χ2v) is 35.4. The van der Waals surface area contributed by atoms with Gasteiger partial charge >= 0.3 is 0 Å². The van der Waals surface area contributed by atoms with Gasteiger partial charge in [0.1, 0.15) is 33.5 Å². The molecular weight excluding hydrogens is 1680 g/mol. The van der Waals surface area contributed by atoms with Gasteiger partial charge in [-0.3, -0.25) is 0 Å². The highest BCUT2D eigenvalue weighted by Crippen LogP contribution is 2.53. The summed E-state index contributed by atoms with van der Waals surface area (Å²) in [6, 6.07) is 157. The molecule has 3 aromatic heterocycles. The molecule has 0 amide bonds. The molecule has 28 aromatic rings. The number of benzene rings is 25. The van der Waals surface area contributed by atoms with E-state index in [9.17, 15) is 0 Å². The van der Waals surface area contributed by atoms with E-state index in [0.29, 0.717) is 11.1 Å². The Balaban J connectivity index is 0.000000113. The van der Waals surface area contributed by atoms with Crippen molar-refractivity contribution in [2.75, 3.05) is 0 Å². The third kappa shape index (κ3) is 14.4. The average Bonchev–Trinajstić information content (AvgIpc) is 1.68. The van der Waals surface area contributed by atoms with Crippen molar-refractivity contribution < 1.29 is 27.0 Å². The van der Waals surface area contributed by atoms with Crippen LogP contribution >= 0.6 is 0 Å². The van der Waals surface area contributed by atoms with Crippen LogP contribution in [0.1, 0.15) is 13.7 Å². The Morgan fingerprint density at radius 2 is 0.453 bits per heavy atom. The minimum atomic E-state index is -0.405. The fourth-order valence-corrected chi connectivity index (χ4v) is 21.4. The molecule has 0 aliphatic carbocycles. The molecule has 0 aliphatic heterocycles. The lowest BCUT2D eigenvalue weighted by molar-refractivity contribution is 0.668. The highest BCUT2D eigenvalue weighted by molar-refractivity contribution is 6.28. The van der Waals surface area contributed by atoms with E-state index in [0.717, 1.165) is 181 Å². The molecule has 0 saturated heterocycles. The fourth-order valence-electron chi connectivity index (χ4n) is 21.4. The van der Waals surface area contributed by atoms with Crippen molar-refractivity contribution >= 4 is 141 Å².